The molecule has 1 aromatic carbocycles. The van der Waals surface area contributed by atoms with Gasteiger partial charge in [-0.25, -0.2) is 9.97 Å². The molecule has 2 N–H and O–H groups in total. The van der Waals surface area contributed by atoms with E-state index in [9.17, 15) is 5.11 Å². The van der Waals surface area contributed by atoms with Crippen LogP contribution in [0, 0.1) is 0 Å². The van der Waals surface area contributed by atoms with Gasteiger partial charge in [0.05, 0.1) is 12.8 Å². The summed E-state index contributed by atoms with van der Waals surface area (Å²) in [6.07, 6.45) is 4.64. The molecule has 3 aromatic rings. The first-order valence-corrected chi connectivity index (χ1v) is 7.11. The summed E-state index contributed by atoms with van der Waals surface area (Å²) in [4.78, 5) is 7.94. The maximum absolute atomic E-state index is 9.55. The third kappa shape index (κ3) is 3.10. The number of aliphatic hydroxyl groups is 1. The van der Waals surface area contributed by atoms with Crippen molar-refractivity contribution in [3.05, 3.63) is 65.4 Å². The fourth-order valence-corrected chi connectivity index (χ4v) is 2.36. The maximum atomic E-state index is 9.55. The molecule has 0 amide bonds. The zero-order valence-corrected chi connectivity index (χ0v) is 12.4. The third-order valence-electron chi connectivity index (χ3n) is 3.29. The Labute approximate surface area is 132 Å². The Morgan fingerprint density at radius 3 is 2.86 bits per heavy atom. The molecule has 6 heteroatoms. The Balaban J connectivity index is 1.79. The molecule has 0 aliphatic heterocycles. The van der Waals surface area contributed by atoms with Crippen molar-refractivity contribution in [3.63, 3.8) is 0 Å². The summed E-state index contributed by atoms with van der Waals surface area (Å²) < 4.78 is 5.28. The molecule has 0 unspecified atom stereocenters. The van der Waals surface area contributed by atoms with Crippen LogP contribution in [0.4, 0.5) is 5.69 Å². The summed E-state index contributed by atoms with van der Waals surface area (Å²) >= 11 is 6.03. The molecule has 2 heterocycles. The van der Waals surface area contributed by atoms with Crippen molar-refractivity contribution in [2.75, 3.05) is 5.32 Å². The van der Waals surface area contributed by atoms with Crippen LogP contribution in [0.25, 0.3) is 11.3 Å². The van der Waals surface area contributed by atoms with Crippen LogP contribution in [0.15, 0.2) is 53.5 Å². The number of hydrogen-bond donors (Lipinski definition) is 2. The van der Waals surface area contributed by atoms with Crippen molar-refractivity contribution in [2.24, 2.45) is 0 Å². The first kappa shape index (κ1) is 14.6. The van der Waals surface area contributed by atoms with Crippen molar-refractivity contribution in [3.8, 4) is 11.3 Å². The first-order chi connectivity index (χ1) is 10.8. The molecular weight excluding hydrogens is 302 g/mol. The second kappa shape index (κ2) is 6.60. The normalized spacial score (nSPS) is 10.6. The number of anilines is 1. The molecule has 0 aliphatic rings. The molecule has 0 radical (unpaired) electrons. The minimum Gasteiger partial charge on any atom is -0.444 e. The van der Waals surface area contributed by atoms with Crippen LogP contribution in [0.2, 0.25) is 5.15 Å². The van der Waals surface area contributed by atoms with E-state index in [1.807, 2.05) is 30.3 Å². The van der Waals surface area contributed by atoms with E-state index in [0.29, 0.717) is 17.5 Å². The number of oxazole rings is 1. The number of aromatic nitrogens is 2. The molecule has 0 fully saturated rings. The fourth-order valence-electron chi connectivity index (χ4n) is 2.17. The van der Waals surface area contributed by atoms with Crippen molar-refractivity contribution in [1.82, 2.24) is 9.97 Å². The minimum atomic E-state index is -0.0841. The molecule has 0 atom stereocenters. The largest absolute Gasteiger partial charge is 0.444 e. The quantitative estimate of drug-likeness (QED) is 0.705. The SMILES string of the molecule is OCc1cc(NCc2cccnc2Cl)ccc1-c1cnco1. The molecule has 0 saturated carbocycles. The maximum Gasteiger partial charge on any atom is 0.181 e. The average molecular weight is 316 g/mol. The van der Waals surface area contributed by atoms with Gasteiger partial charge in [0, 0.05) is 29.6 Å². The summed E-state index contributed by atoms with van der Waals surface area (Å²) in [6, 6.07) is 9.44. The van der Waals surface area contributed by atoms with E-state index in [1.165, 1.54) is 6.39 Å². The number of hydrogen-bond acceptors (Lipinski definition) is 5. The van der Waals surface area contributed by atoms with Crippen molar-refractivity contribution in [1.29, 1.82) is 0 Å². The second-order valence-corrected chi connectivity index (χ2v) is 5.06. The lowest BCUT2D eigenvalue weighted by Gasteiger charge is -2.11. The zero-order valence-electron chi connectivity index (χ0n) is 11.7. The number of nitrogens with zero attached hydrogens (tertiary/aromatic N) is 2. The van der Waals surface area contributed by atoms with Gasteiger partial charge in [-0.15, -0.1) is 0 Å². The van der Waals surface area contributed by atoms with Crippen molar-refractivity contribution in [2.45, 2.75) is 13.2 Å². The Bertz CT molecular complexity index is 760. The van der Waals surface area contributed by atoms with Gasteiger partial charge in [-0.1, -0.05) is 17.7 Å². The summed E-state index contributed by atoms with van der Waals surface area (Å²) in [6.45, 7) is 0.471. The van der Waals surface area contributed by atoms with E-state index in [-0.39, 0.29) is 6.61 Å². The molecule has 2 aromatic heterocycles. The molecule has 0 saturated heterocycles. The van der Waals surface area contributed by atoms with Crippen LogP contribution in [0.3, 0.4) is 0 Å². The Kier molecular flexibility index (Phi) is 4.37. The van der Waals surface area contributed by atoms with Crippen LogP contribution in [0.1, 0.15) is 11.1 Å². The highest BCUT2D eigenvalue weighted by Gasteiger charge is 2.09. The zero-order chi connectivity index (χ0) is 15.4. The van der Waals surface area contributed by atoms with Crippen LogP contribution < -0.4 is 5.32 Å². The van der Waals surface area contributed by atoms with E-state index in [2.05, 4.69) is 15.3 Å². The minimum absolute atomic E-state index is 0.0841. The summed E-state index contributed by atoms with van der Waals surface area (Å²) in [5.74, 6) is 0.630. The van der Waals surface area contributed by atoms with Gasteiger partial charge in [0.2, 0.25) is 0 Å². The predicted molar refractivity (Wildman–Crippen MR) is 84.4 cm³/mol. The van der Waals surface area contributed by atoms with Gasteiger partial charge in [0.15, 0.2) is 12.2 Å². The number of aliphatic hydroxyl groups excluding tert-OH is 1. The smallest absolute Gasteiger partial charge is 0.181 e. The van der Waals surface area contributed by atoms with E-state index in [1.54, 1.807) is 12.4 Å². The van der Waals surface area contributed by atoms with E-state index in [4.69, 9.17) is 16.0 Å². The summed E-state index contributed by atoms with van der Waals surface area (Å²) in [7, 11) is 0. The van der Waals surface area contributed by atoms with Gasteiger partial charge < -0.3 is 14.8 Å². The van der Waals surface area contributed by atoms with Crippen molar-refractivity contribution >= 4 is 17.3 Å². The molecule has 0 bridgehead atoms. The number of rotatable bonds is 5. The van der Waals surface area contributed by atoms with Crippen LogP contribution >= 0.6 is 11.6 Å². The lowest BCUT2D eigenvalue weighted by Crippen LogP contribution is -2.02. The monoisotopic (exact) mass is 315 g/mol. The van der Waals surface area contributed by atoms with Gasteiger partial charge in [-0.2, -0.15) is 0 Å². The standard InChI is InChI=1S/C16H14ClN3O2/c17-16-11(2-1-5-19-16)7-20-13-3-4-14(12(6-13)9-21)15-8-18-10-22-15/h1-6,8,10,20-21H,7,9H2. The van der Waals surface area contributed by atoms with E-state index in [0.717, 1.165) is 22.4 Å². The molecular formula is C16H14ClN3O2. The number of pyridine rings is 1. The molecule has 3 rings (SSSR count). The van der Waals surface area contributed by atoms with Crippen LogP contribution in [-0.2, 0) is 13.2 Å². The summed E-state index contributed by atoms with van der Waals surface area (Å²) in [5.41, 5.74) is 3.38. The van der Waals surface area contributed by atoms with Crippen LogP contribution in [0.5, 0.6) is 0 Å². The predicted octanol–water partition coefficient (Wildman–Crippen LogP) is 3.49. The van der Waals surface area contributed by atoms with Gasteiger partial charge >= 0.3 is 0 Å². The van der Waals surface area contributed by atoms with Gasteiger partial charge in [-0.05, 0) is 29.8 Å². The fraction of sp³-hybridized carbons (Fsp3) is 0.125. The first-order valence-electron chi connectivity index (χ1n) is 6.74. The number of nitrogens with one attached hydrogen (secondary N) is 1. The third-order valence-corrected chi connectivity index (χ3v) is 3.63. The molecule has 22 heavy (non-hydrogen) atoms. The highest BCUT2D eigenvalue weighted by Crippen LogP contribution is 2.26. The topological polar surface area (TPSA) is 71.2 Å². The Hall–Kier alpha value is -2.37. The second-order valence-electron chi connectivity index (χ2n) is 4.70. The number of halogens is 1. The van der Waals surface area contributed by atoms with E-state index < -0.39 is 0 Å². The van der Waals surface area contributed by atoms with Gasteiger partial charge in [-0.3, -0.25) is 0 Å². The molecule has 5 nitrogen and oxygen atoms in total. The highest BCUT2D eigenvalue weighted by atomic mass is 35.5. The number of benzene rings is 1. The lowest BCUT2D eigenvalue weighted by molar-refractivity contribution is 0.282. The van der Waals surface area contributed by atoms with E-state index >= 15 is 0 Å². The highest BCUT2D eigenvalue weighted by molar-refractivity contribution is 6.30. The Morgan fingerprint density at radius 2 is 2.14 bits per heavy atom. The van der Waals surface area contributed by atoms with Gasteiger partial charge in [0.25, 0.3) is 0 Å². The average Bonchev–Trinajstić information content (AvgIpc) is 3.08. The molecule has 112 valence electrons. The van der Waals surface area contributed by atoms with Gasteiger partial charge in [0.1, 0.15) is 5.15 Å². The molecule has 0 aliphatic carbocycles. The van der Waals surface area contributed by atoms with Crippen molar-refractivity contribution < 1.29 is 9.52 Å². The molecule has 0 spiro atoms. The lowest BCUT2D eigenvalue weighted by atomic mass is 10.1. The van der Waals surface area contributed by atoms with Crippen LogP contribution in [-0.4, -0.2) is 15.1 Å². The Morgan fingerprint density at radius 1 is 1.23 bits per heavy atom. The summed E-state index contributed by atoms with van der Waals surface area (Å²) in [5, 5.41) is 13.3.